The first-order valence-electron chi connectivity index (χ1n) is 4.91. The highest BCUT2D eigenvalue weighted by molar-refractivity contribution is 7.12. The lowest BCUT2D eigenvalue weighted by molar-refractivity contribution is 0.103. The second-order valence-electron chi connectivity index (χ2n) is 3.40. The number of hydrogen-bond acceptors (Lipinski definition) is 5. The molecule has 0 fully saturated rings. The number of thiophene rings is 1. The van der Waals surface area contributed by atoms with Crippen LogP contribution in [0.2, 0.25) is 0 Å². The zero-order valence-electron chi connectivity index (χ0n) is 9.43. The third-order valence-corrected chi connectivity index (χ3v) is 3.07. The van der Waals surface area contributed by atoms with Gasteiger partial charge >= 0.3 is 6.01 Å². The van der Waals surface area contributed by atoms with Crippen molar-refractivity contribution in [2.24, 2.45) is 0 Å². The van der Waals surface area contributed by atoms with Crippen molar-refractivity contribution in [3.8, 4) is 6.01 Å². The summed E-state index contributed by atoms with van der Waals surface area (Å²) >= 11 is 1.41. The molecule has 6 heteroatoms. The first-order valence-corrected chi connectivity index (χ1v) is 5.79. The van der Waals surface area contributed by atoms with Crippen LogP contribution in [-0.4, -0.2) is 23.0 Å². The Labute approximate surface area is 102 Å². The van der Waals surface area contributed by atoms with Crippen LogP contribution in [0.4, 0.5) is 5.69 Å². The highest BCUT2D eigenvalue weighted by Gasteiger charge is 2.08. The summed E-state index contributed by atoms with van der Waals surface area (Å²) in [6.07, 6.45) is 3.01. The molecule has 2 aromatic heterocycles. The Morgan fingerprint density at radius 2 is 2.12 bits per heavy atom. The van der Waals surface area contributed by atoms with Gasteiger partial charge in [0, 0.05) is 0 Å². The summed E-state index contributed by atoms with van der Waals surface area (Å²) in [6.45, 7) is 1.95. The normalized spacial score (nSPS) is 10.0. The predicted octanol–water partition coefficient (Wildman–Crippen LogP) is 2.11. The van der Waals surface area contributed by atoms with Gasteiger partial charge in [0.05, 0.1) is 30.1 Å². The zero-order chi connectivity index (χ0) is 12.3. The quantitative estimate of drug-likeness (QED) is 0.904. The summed E-state index contributed by atoms with van der Waals surface area (Å²) in [4.78, 5) is 20.3. The molecule has 0 bridgehead atoms. The largest absolute Gasteiger partial charge is 0.467 e. The SMILES string of the molecule is COc1ncc(NC(=O)c2cc(C)cs2)cn1. The van der Waals surface area contributed by atoms with Crippen molar-refractivity contribution in [3.63, 3.8) is 0 Å². The summed E-state index contributed by atoms with van der Waals surface area (Å²) in [5.74, 6) is -0.156. The summed E-state index contributed by atoms with van der Waals surface area (Å²) in [6, 6.07) is 2.11. The van der Waals surface area contributed by atoms with E-state index in [1.54, 1.807) is 0 Å². The summed E-state index contributed by atoms with van der Waals surface area (Å²) in [5, 5.41) is 4.64. The maximum atomic E-state index is 11.8. The number of hydrogen-bond donors (Lipinski definition) is 1. The molecule has 1 amide bonds. The number of amides is 1. The predicted molar refractivity (Wildman–Crippen MR) is 65.6 cm³/mol. The smallest absolute Gasteiger partial charge is 0.316 e. The average molecular weight is 249 g/mol. The zero-order valence-corrected chi connectivity index (χ0v) is 10.2. The van der Waals surface area contributed by atoms with E-state index in [9.17, 15) is 4.79 Å². The van der Waals surface area contributed by atoms with Crippen LogP contribution in [0, 0.1) is 6.92 Å². The van der Waals surface area contributed by atoms with Crippen LogP contribution in [0.5, 0.6) is 6.01 Å². The lowest BCUT2D eigenvalue weighted by Gasteiger charge is -2.02. The van der Waals surface area contributed by atoms with E-state index in [4.69, 9.17) is 4.74 Å². The number of carbonyl (C=O) groups excluding carboxylic acids is 1. The Bertz CT molecular complexity index is 522. The molecule has 0 aromatic carbocycles. The van der Waals surface area contributed by atoms with Crippen molar-refractivity contribution < 1.29 is 9.53 Å². The van der Waals surface area contributed by atoms with Crippen molar-refractivity contribution in [2.45, 2.75) is 6.92 Å². The second-order valence-corrected chi connectivity index (χ2v) is 4.31. The molecule has 0 atom stereocenters. The summed E-state index contributed by atoms with van der Waals surface area (Å²) in [7, 11) is 1.49. The number of nitrogens with zero attached hydrogens (tertiary/aromatic N) is 2. The molecule has 0 aliphatic rings. The molecule has 0 saturated carbocycles. The molecule has 1 N–H and O–H groups in total. The number of anilines is 1. The Morgan fingerprint density at radius 3 is 2.65 bits per heavy atom. The Hall–Kier alpha value is -1.95. The van der Waals surface area contributed by atoms with Gasteiger partial charge in [0.15, 0.2) is 0 Å². The third-order valence-electron chi connectivity index (χ3n) is 2.02. The van der Waals surface area contributed by atoms with Gasteiger partial charge in [0.2, 0.25) is 0 Å². The fraction of sp³-hybridized carbons (Fsp3) is 0.182. The molecule has 2 rings (SSSR count). The van der Waals surface area contributed by atoms with Gasteiger partial charge in [0.25, 0.3) is 5.91 Å². The third kappa shape index (κ3) is 2.79. The molecule has 5 nitrogen and oxygen atoms in total. The number of carbonyl (C=O) groups is 1. The highest BCUT2D eigenvalue weighted by atomic mass is 32.1. The van der Waals surface area contributed by atoms with E-state index >= 15 is 0 Å². The molecular weight excluding hydrogens is 238 g/mol. The van der Waals surface area contributed by atoms with Crippen LogP contribution in [0.15, 0.2) is 23.8 Å². The molecule has 0 aliphatic carbocycles. The molecule has 17 heavy (non-hydrogen) atoms. The van der Waals surface area contributed by atoms with E-state index in [0.717, 1.165) is 5.56 Å². The first kappa shape index (κ1) is 11.5. The molecule has 0 radical (unpaired) electrons. The van der Waals surface area contributed by atoms with Gasteiger partial charge in [-0.2, -0.15) is 0 Å². The highest BCUT2D eigenvalue weighted by Crippen LogP contribution is 2.16. The second kappa shape index (κ2) is 4.92. The van der Waals surface area contributed by atoms with Gasteiger partial charge in [-0.15, -0.1) is 11.3 Å². The summed E-state index contributed by atoms with van der Waals surface area (Å²) < 4.78 is 4.83. The van der Waals surface area contributed by atoms with Crippen molar-refractivity contribution in [1.82, 2.24) is 9.97 Å². The Kier molecular flexibility index (Phi) is 3.34. The molecule has 2 heterocycles. The molecule has 88 valence electrons. The standard InChI is InChI=1S/C11H11N3O2S/c1-7-3-9(17-6-7)10(15)14-8-4-12-11(16-2)13-5-8/h3-6H,1-2H3,(H,14,15). The minimum absolute atomic E-state index is 0.156. The summed E-state index contributed by atoms with van der Waals surface area (Å²) in [5.41, 5.74) is 1.62. The van der Waals surface area contributed by atoms with Gasteiger partial charge in [-0.1, -0.05) is 0 Å². The monoisotopic (exact) mass is 249 g/mol. The number of aryl methyl sites for hydroxylation is 1. The Morgan fingerprint density at radius 1 is 1.41 bits per heavy atom. The van der Waals surface area contributed by atoms with Gasteiger partial charge in [-0.25, -0.2) is 9.97 Å². The molecule has 0 saturated heterocycles. The van der Waals surface area contributed by atoms with E-state index in [1.165, 1.54) is 30.8 Å². The van der Waals surface area contributed by atoms with E-state index in [2.05, 4.69) is 15.3 Å². The van der Waals surface area contributed by atoms with Gasteiger partial charge in [-0.05, 0) is 23.9 Å². The van der Waals surface area contributed by atoms with Crippen LogP contribution < -0.4 is 10.1 Å². The van der Waals surface area contributed by atoms with E-state index in [1.807, 2.05) is 18.4 Å². The average Bonchev–Trinajstić information content (AvgIpc) is 2.77. The van der Waals surface area contributed by atoms with Crippen molar-refractivity contribution in [3.05, 3.63) is 34.3 Å². The van der Waals surface area contributed by atoms with Gasteiger partial charge in [-0.3, -0.25) is 4.79 Å². The van der Waals surface area contributed by atoms with Crippen LogP contribution in [-0.2, 0) is 0 Å². The topological polar surface area (TPSA) is 64.1 Å². The lowest BCUT2D eigenvalue weighted by Crippen LogP contribution is -2.10. The fourth-order valence-corrected chi connectivity index (χ4v) is 2.02. The first-order chi connectivity index (χ1) is 8.19. The molecule has 0 unspecified atom stereocenters. The van der Waals surface area contributed by atoms with Gasteiger partial charge < -0.3 is 10.1 Å². The van der Waals surface area contributed by atoms with E-state index < -0.39 is 0 Å². The molecule has 0 aliphatic heterocycles. The van der Waals surface area contributed by atoms with Crippen molar-refractivity contribution in [2.75, 3.05) is 12.4 Å². The van der Waals surface area contributed by atoms with Gasteiger partial charge in [0.1, 0.15) is 0 Å². The van der Waals surface area contributed by atoms with Crippen LogP contribution in [0.3, 0.4) is 0 Å². The minimum Gasteiger partial charge on any atom is -0.467 e. The fourth-order valence-electron chi connectivity index (χ4n) is 1.23. The molecular formula is C11H11N3O2S. The number of ether oxygens (including phenoxy) is 1. The maximum absolute atomic E-state index is 11.8. The lowest BCUT2D eigenvalue weighted by atomic mass is 10.3. The van der Waals surface area contributed by atoms with Crippen LogP contribution >= 0.6 is 11.3 Å². The number of rotatable bonds is 3. The number of aromatic nitrogens is 2. The van der Waals surface area contributed by atoms with Crippen molar-refractivity contribution >= 4 is 22.9 Å². The van der Waals surface area contributed by atoms with Crippen molar-refractivity contribution in [1.29, 1.82) is 0 Å². The maximum Gasteiger partial charge on any atom is 0.316 e. The minimum atomic E-state index is -0.156. The number of methoxy groups -OCH3 is 1. The van der Waals surface area contributed by atoms with E-state index in [0.29, 0.717) is 10.6 Å². The van der Waals surface area contributed by atoms with E-state index in [-0.39, 0.29) is 11.9 Å². The molecule has 2 aromatic rings. The number of nitrogens with one attached hydrogen (secondary N) is 1. The Balaban J connectivity index is 2.07. The van der Waals surface area contributed by atoms with Crippen LogP contribution in [0.1, 0.15) is 15.2 Å². The molecule has 0 spiro atoms. The van der Waals surface area contributed by atoms with Crippen LogP contribution in [0.25, 0.3) is 0 Å².